The summed E-state index contributed by atoms with van der Waals surface area (Å²) in [6, 6.07) is 1.88. The van der Waals surface area contributed by atoms with Crippen LogP contribution in [0.25, 0.3) is 0 Å². The highest BCUT2D eigenvalue weighted by Gasteiger charge is 2.28. The first-order valence-corrected chi connectivity index (χ1v) is 5.88. The summed E-state index contributed by atoms with van der Waals surface area (Å²) >= 11 is 7.31. The molecule has 1 aromatic rings. The predicted octanol–water partition coefficient (Wildman–Crippen LogP) is 4.33. The number of hydrogen-bond acceptors (Lipinski definition) is 2. The van der Waals surface area contributed by atoms with E-state index in [4.69, 9.17) is 11.6 Å². The summed E-state index contributed by atoms with van der Waals surface area (Å²) in [4.78, 5) is 12.8. The van der Waals surface area contributed by atoms with Crippen molar-refractivity contribution in [2.45, 2.75) is 34.1 Å². The van der Waals surface area contributed by atoms with Crippen molar-refractivity contribution < 1.29 is 4.79 Å². The SMILES string of the molecule is CCC(C)(C)C(=O)c1cc(C)c(Cl)s1. The molecule has 1 heterocycles. The Kier molecular flexibility index (Phi) is 3.38. The Morgan fingerprint density at radius 1 is 1.57 bits per heavy atom. The zero-order valence-corrected chi connectivity index (χ0v) is 10.6. The van der Waals surface area contributed by atoms with Crippen LogP contribution in [0.1, 0.15) is 42.4 Å². The second-order valence-electron chi connectivity index (χ2n) is 4.13. The van der Waals surface area contributed by atoms with E-state index in [1.807, 2.05) is 33.8 Å². The fraction of sp³-hybridized carbons (Fsp3) is 0.545. The number of halogens is 1. The Balaban J connectivity index is 3.01. The van der Waals surface area contributed by atoms with Gasteiger partial charge in [0.15, 0.2) is 5.78 Å². The summed E-state index contributed by atoms with van der Waals surface area (Å²) in [6.07, 6.45) is 0.848. The molecule has 0 amide bonds. The smallest absolute Gasteiger partial charge is 0.178 e. The Morgan fingerprint density at radius 2 is 2.14 bits per heavy atom. The van der Waals surface area contributed by atoms with Gasteiger partial charge in [-0.25, -0.2) is 0 Å². The molecule has 0 aliphatic heterocycles. The van der Waals surface area contributed by atoms with E-state index in [1.54, 1.807) is 0 Å². The van der Waals surface area contributed by atoms with Crippen LogP contribution in [0.5, 0.6) is 0 Å². The standard InChI is InChI=1S/C11H15ClOS/c1-5-11(3,4)9(13)8-6-7(2)10(12)14-8/h6H,5H2,1-4H3. The normalized spacial score (nSPS) is 11.8. The number of ketones is 1. The molecule has 0 saturated heterocycles. The van der Waals surface area contributed by atoms with Crippen molar-refractivity contribution in [3.05, 3.63) is 20.8 Å². The molecule has 0 aromatic carbocycles. The van der Waals surface area contributed by atoms with Crippen LogP contribution in [-0.2, 0) is 0 Å². The molecular weight excluding hydrogens is 216 g/mol. The van der Waals surface area contributed by atoms with Crippen molar-refractivity contribution in [3.63, 3.8) is 0 Å². The zero-order valence-electron chi connectivity index (χ0n) is 8.98. The van der Waals surface area contributed by atoms with Gasteiger partial charge < -0.3 is 0 Å². The van der Waals surface area contributed by atoms with Gasteiger partial charge in [0.25, 0.3) is 0 Å². The van der Waals surface area contributed by atoms with Gasteiger partial charge in [-0.2, -0.15) is 0 Å². The number of Topliss-reactive ketones (excluding diaryl/α,β-unsaturated/α-hetero) is 1. The van der Waals surface area contributed by atoms with Crippen LogP contribution in [0.2, 0.25) is 4.34 Å². The summed E-state index contributed by atoms with van der Waals surface area (Å²) in [7, 11) is 0. The highest BCUT2D eigenvalue weighted by molar-refractivity contribution is 7.18. The molecule has 0 fully saturated rings. The highest BCUT2D eigenvalue weighted by atomic mass is 35.5. The van der Waals surface area contributed by atoms with E-state index >= 15 is 0 Å². The molecule has 0 radical (unpaired) electrons. The number of hydrogen-bond donors (Lipinski definition) is 0. The largest absolute Gasteiger partial charge is 0.293 e. The minimum absolute atomic E-state index is 0.194. The molecule has 1 nitrogen and oxygen atoms in total. The van der Waals surface area contributed by atoms with Gasteiger partial charge in [-0.1, -0.05) is 32.4 Å². The Hall–Kier alpha value is -0.340. The molecule has 78 valence electrons. The lowest BCUT2D eigenvalue weighted by Gasteiger charge is -2.19. The van der Waals surface area contributed by atoms with E-state index in [0.29, 0.717) is 0 Å². The van der Waals surface area contributed by atoms with Crippen LogP contribution in [0.15, 0.2) is 6.07 Å². The molecule has 14 heavy (non-hydrogen) atoms. The lowest BCUT2D eigenvalue weighted by atomic mass is 9.84. The number of rotatable bonds is 3. The van der Waals surface area contributed by atoms with E-state index in [9.17, 15) is 4.79 Å². The van der Waals surface area contributed by atoms with Crippen molar-refractivity contribution in [2.24, 2.45) is 5.41 Å². The maximum atomic E-state index is 12.0. The van der Waals surface area contributed by atoms with Gasteiger partial charge in [-0.05, 0) is 25.0 Å². The van der Waals surface area contributed by atoms with E-state index in [2.05, 4.69) is 0 Å². The van der Waals surface area contributed by atoms with Crippen LogP contribution >= 0.6 is 22.9 Å². The lowest BCUT2D eigenvalue weighted by Crippen LogP contribution is -2.22. The third-order valence-electron chi connectivity index (χ3n) is 2.58. The minimum Gasteiger partial charge on any atom is -0.293 e. The summed E-state index contributed by atoms with van der Waals surface area (Å²) in [5, 5.41) is 0. The van der Waals surface area contributed by atoms with Gasteiger partial charge in [0.1, 0.15) is 0 Å². The molecule has 0 saturated carbocycles. The average molecular weight is 231 g/mol. The second kappa shape index (κ2) is 4.03. The van der Waals surface area contributed by atoms with Crippen LogP contribution < -0.4 is 0 Å². The van der Waals surface area contributed by atoms with Crippen molar-refractivity contribution in [1.82, 2.24) is 0 Å². The zero-order chi connectivity index (χ0) is 10.9. The van der Waals surface area contributed by atoms with Gasteiger partial charge in [0.2, 0.25) is 0 Å². The lowest BCUT2D eigenvalue weighted by molar-refractivity contribution is 0.0837. The summed E-state index contributed by atoms with van der Waals surface area (Å²) in [5.74, 6) is 0.194. The molecule has 0 atom stereocenters. The fourth-order valence-corrected chi connectivity index (χ4v) is 2.39. The van der Waals surface area contributed by atoms with Gasteiger partial charge >= 0.3 is 0 Å². The van der Waals surface area contributed by atoms with E-state index in [1.165, 1.54) is 11.3 Å². The van der Waals surface area contributed by atoms with E-state index < -0.39 is 0 Å². The summed E-state index contributed by atoms with van der Waals surface area (Å²) in [6.45, 7) is 7.89. The van der Waals surface area contributed by atoms with Crippen molar-refractivity contribution >= 4 is 28.7 Å². The predicted molar refractivity (Wildman–Crippen MR) is 62.5 cm³/mol. The number of thiophene rings is 1. The summed E-state index contributed by atoms with van der Waals surface area (Å²) < 4.78 is 0.722. The van der Waals surface area contributed by atoms with E-state index in [-0.39, 0.29) is 11.2 Å². The number of carbonyl (C=O) groups excluding carboxylic acids is 1. The first-order chi connectivity index (χ1) is 6.38. The minimum atomic E-state index is -0.277. The third-order valence-corrected chi connectivity index (χ3v) is 4.13. The Bertz CT molecular complexity index is 333. The summed E-state index contributed by atoms with van der Waals surface area (Å²) in [5.41, 5.74) is 0.715. The Morgan fingerprint density at radius 3 is 2.50 bits per heavy atom. The molecule has 3 heteroatoms. The van der Waals surface area contributed by atoms with Crippen LogP contribution in [-0.4, -0.2) is 5.78 Å². The molecule has 0 unspecified atom stereocenters. The number of carbonyl (C=O) groups is 1. The molecule has 1 aromatic heterocycles. The molecule has 1 rings (SSSR count). The highest BCUT2D eigenvalue weighted by Crippen LogP contribution is 2.33. The van der Waals surface area contributed by atoms with Gasteiger partial charge in [0, 0.05) is 5.41 Å². The topological polar surface area (TPSA) is 17.1 Å². The van der Waals surface area contributed by atoms with E-state index in [0.717, 1.165) is 21.2 Å². The third kappa shape index (κ3) is 2.18. The van der Waals surface area contributed by atoms with Crippen LogP contribution in [0, 0.1) is 12.3 Å². The maximum absolute atomic E-state index is 12.0. The van der Waals surface area contributed by atoms with Crippen LogP contribution in [0.4, 0.5) is 0 Å². The molecule has 0 aliphatic carbocycles. The molecule has 0 N–H and O–H groups in total. The Labute approximate surface area is 94.1 Å². The fourth-order valence-electron chi connectivity index (χ4n) is 1.07. The molecule has 0 bridgehead atoms. The maximum Gasteiger partial charge on any atom is 0.178 e. The van der Waals surface area contributed by atoms with Crippen molar-refractivity contribution in [3.8, 4) is 0 Å². The molecular formula is C11H15ClOS. The van der Waals surface area contributed by atoms with Crippen LogP contribution in [0.3, 0.4) is 0 Å². The van der Waals surface area contributed by atoms with Crippen molar-refractivity contribution in [2.75, 3.05) is 0 Å². The second-order valence-corrected chi connectivity index (χ2v) is 5.79. The average Bonchev–Trinajstić information content (AvgIpc) is 2.45. The van der Waals surface area contributed by atoms with Gasteiger partial charge in [0.05, 0.1) is 9.21 Å². The monoisotopic (exact) mass is 230 g/mol. The van der Waals surface area contributed by atoms with Gasteiger partial charge in [-0.15, -0.1) is 11.3 Å². The van der Waals surface area contributed by atoms with Crippen molar-refractivity contribution in [1.29, 1.82) is 0 Å². The van der Waals surface area contributed by atoms with Gasteiger partial charge in [-0.3, -0.25) is 4.79 Å². The quantitative estimate of drug-likeness (QED) is 0.707. The number of aryl methyl sites for hydroxylation is 1. The first kappa shape index (κ1) is 11.7. The first-order valence-electron chi connectivity index (χ1n) is 4.69. The molecule has 0 aliphatic rings. The molecule has 0 spiro atoms.